The van der Waals surface area contributed by atoms with Crippen LogP contribution in [-0.4, -0.2) is 49.2 Å². The average Bonchev–Trinajstić information content (AvgIpc) is 2.81. The van der Waals surface area contributed by atoms with Gasteiger partial charge in [-0.2, -0.15) is 8.42 Å². The first-order chi connectivity index (χ1) is 16.9. The summed E-state index contributed by atoms with van der Waals surface area (Å²) in [5, 5.41) is 0. The molecular formula is C29H41NO5S. The second-order valence-corrected chi connectivity index (χ2v) is 11.2. The van der Waals surface area contributed by atoms with Gasteiger partial charge in [-0.05, 0) is 81.4 Å². The van der Waals surface area contributed by atoms with Crippen molar-refractivity contribution in [3.05, 3.63) is 69.8 Å². The van der Waals surface area contributed by atoms with Crippen molar-refractivity contribution in [1.29, 1.82) is 0 Å². The molecule has 0 aliphatic heterocycles. The second kappa shape index (κ2) is 13.6. The van der Waals surface area contributed by atoms with Crippen LogP contribution in [0.4, 0.5) is 0 Å². The van der Waals surface area contributed by atoms with Crippen LogP contribution in [0.1, 0.15) is 68.2 Å². The van der Waals surface area contributed by atoms with Crippen LogP contribution in [-0.2, 0) is 14.9 Å². The first-order valence-corrected chi connectivity index (χ1v) is 14.2. The molecule has 7 heteroatoms. The molecule has 0 radical (unpaired) electrons. The van der Waals surface area contributed by atoms with Crippen LogP contribution in [0.25, 0.3) is 6.08 Å². The van der Waals surface area contributed by atoms with E-state index in [2.05, 4.69) is 39.0 Å². The topological polar surface area (TPSA) is 83.9 Å². The minimum atomic E-state index is -4.13. The molecule has 0 unspecified atom stereocenters. The highest BCUT2D eigenvalue weighted by Gasteiger charge is 2.25. The van der Waals surface area contributed by atoms with Gasteiger partial charge < -0.3 is 9.64 Å². The maximum absolute atomic E-state index is 13.0. The van der Waals surface area contributed by atoms with Crippen molar-refractivity contribution >= 4 is 22.1 Å². The van der Waals surface area contributed by atoms with Crippen LogP contribution in [0.15, 0.2) is 47.6 Å². The Morgan fingerprint density at radius 3 is 2.36 bits per heavy atom. The molecule has 1 N–H and O–H groups in total. The van der Waals surface area contributed by atoms with E-state index in [-0.39, 0.29) is 18.5 Å². The van der Waals surface area contributed by atoms with Crippen LogP contribution in [0.5, 0.6) is 5.75 Å². The summed E-state index contributed by atoms with van der Waals surface area (Å²) in [6.45, 7) is 10.1. The van der Waals surface area contributed by atoms with Crippen LogP contribution in [0.2, 0.25) is 0 Å². The fourth-order valence-corrected chi connectivity index (χ4v) is 4.99. The van der Waals surface area contributed by atoms with Gasteiger partial charge in [0.15, 0.2) is 0 Å². The summed E-state index contributed by atoms with van der Waals surface area (Å²) < 4.78 is 37.2. The fraction of sp³-hybridized carbons (Fsp3) is 0.483. The molecule has 36 heavy (non-hydrogen) atoms. The number of allylic oxidation sites excluding steroid dienone is 6. The molecule has 0 saturated heterocycles. The standard InChI is InChI=1S/C29H41NO5S/c1-21(15-16-27-23(3)20-28(35-6)25(5)24(27)4)11-10-12-22(2)19-29(31)30(17-18-36(32,33)34)26-13-8-7-9-14-26/h10-12,15-16,19-20,26H,7-9,13-14,17-18H2,1-6H3,(H,32,33,34)/b12-10+,16-15+,21-11+,22-19+. The van der Waals surface area contributed by atoms with Crippen LogP contribution in [0, 0.1) is 20.8 Å². The molecular weight excluding hydrogens is 474 g/mol. The molecule has 1 aliphatic rings. The number of rotatable bonds is 10. The van der Waals surface area contributed by atoms with E-state index in [0.717, 1.165) is 60.1 Å². The Kier molecular flexibility index (Phi) is 11.2. The van der Waals surface area contributed by atoms with Gasteiger partial charge in [0, 0.05) is 18.7 Å². The van der Waals surface area contributed by atoms with Crippen LogP contribution >= 0.6 is 0 Å². The first-order valence-electron chi connectivity index (χ1n) is 12.5. The van der Waals surface area contributed by atoms with Crippen LogP contribution < -0.4 is 4.74 Å². The maximum Gasteiger partial charge on any atom is 0.266 e. The number of methoxy groups -OCH3 is 1. The van der Waals surface area contributed by atoms with Gasteiger partial charge in [0.2, 0.25) is 5.91 Å². The van der Waals surface area contributed by atoms with Gasteiger partial charge in [-0.3, -0.25) is 9.35 Å². The van der Waals surface area contributed by atoms with Crippen molar-refractivity contribution < 1.29 is 22.5 Å². The molecule has 198 valence electrons. The molecule has 6 nitrogen and oxygen atoms in total. The SMILES string of the molecule is COc1cc(C)c(/C=C/C(C)=C/C=C/C(C)=C/C(=O)N(CCS(=O)(=O)O)C2CCCCC2)c(C)c1C. The summed E-state index contributed by atoms with van der Waals surface area (Å²) >= 11 is 0. The lowest BCUT2D eigenvalue weighted by atomic mass is 9.94. The predicted octanol–water partition coefficient (Wildman–Crippen LogP) is 6.13. The van der Waals surface area contributed by atoms with E-state index < -0.39 is 15.9 Å². The minimum absolute atomic E-state index is 0.00328. The Morgan fingerprint density at radius 2 is 1.75 bits per heavy atom. The minimum Gasteiger partial charge on any atom is -0.496 e. The van der Waals surface area contributed by atoms with E-state index in [1.165, 1.54) is 11.1 Å². The van der Waals surface area contributed by atoms with Gasteiger partial charge in [-0.25, -0.2) is 0 Å². The molecule has 0 heterocycles. The zero-order valence-electron chi connectivity index (χ0n) is 22.5. The highest BCUT2D eigenvalue weighted by molar-refractivity contribution is 7.85. The predicted molar refractivity (Wildman–Crippen MR) is 148 cm³/mol. The van der Waals surface area contributed by atoms with Gasteiger partial charge in [-0.15, -0.1) is 0 Å². The van der Waals surface area contributed by atoms with E-state index >= 15 is 0 Å². The molecule has 0 aromatic heterocycles. The van der Waals surface area contributed by atoms with Crippen LogP contribution in [0.3, 0.4) is 0 Å². The Labute approximate surface area is 217 Å². The summed E-state index contributed by atoms with van der Waals surface area (Å²) in [7, 11) is -2.44. The lowest BCUT2D eigenvalue weighted by Gasteiger charge is -2.33. The smallest absolute Gasteiger partial charge is 0.266 e. The van der Waals surface area contributed by atoms with Crippen molar-refractivity contribution in [3.63, 3.8) is 0 Å². The Hall–Kier alpha value is -2.64. The van der Waals surface area contributed by atoms with Gasteiger partial charge in [-0.1, -0.05) is 55.2 Å². The normalized spacial score (nSPS) is 16.2. The number of benzene rings is 1. The fourth-order valence-electron chi connectivity index (χ4n) is 4.56. The number of amides is 1. The molecule has 1 saturated carbocycles. The average molecular weight is 516 g/mol. The van der Waals surface area contributed by atoms with Gasteiger partial charge >= 0.3 is 0 Å². The van der Waals surface area contributed by atoms with Gasteiger partial charge in [0.25, 0.3) is 10.1 Å². The number of hydrogen-bond acceptors (Lipinski definition) is 4. The summed E-state index contributed by atoms with van der Waals surface area (Å²) in [6, 6.07) is 2.07. The molecule has 1 aromatic rings. The number of nitrogens with zero attached hydrogens (tertiary/aromatic N) is 1. The van der Waals surface area contributed by atoms with Gasteiger partial charge in [0.05, 0.1) is 12.9 Å². The zero-order valence-corrected chi connectivity index (χ0v) is 23.3. The number of hydrogen-bond donors (Lipinski definition) is 1. The molecule has 1 amide bonds. The lowest BCUT2D eigenvalue weighted by Crippen LogP contribution is -2.43. The molecule has 1 fully saturated rings. The number of aryl methyl sites for hydroxylation is 1. The quantitative estimate of drug-likeness (QED) is 0.230. The molecule has 2 rings (SSSR count). The highest BCUT2D eigenvalue weighted by Crippen LogP contribution is 2.28. The number of ether oxygens (including phenoxy) is 1. The monoisotopic (exact) mass is 515 g/mol. The summed E-state index contributed by atoms with van der Waals surface area (Å²) in [4.78, 5) is 14.6. The maximum atomic E-state index is 13.0. The third-order valence-corrected chi connectivity index (χ3v) is 7.50. The second-order valence-electron chi connectivity index (χ2n) is 9.66. The Bertz CT molecular complexity index is 1150. The Balaban J connectivity index is 2.10. The lowest BCUT2D eigenvalue weighted by molar-refractivity contribution is -0.128. The largest absolute Gasteiger partial charge is 0.496 e. The first kappa shape index (κ1) is 29.6. The third kappa shape index (κ3) is 9.10. The van der Waals surface area contributed by atoms with E-state index in [0.29, 0.717) is 0 Å². The zero-order chi connectivity index (χ0) is 26.9. The summed E-state index contributed by atoms with van der Waals surface area (Å²) in [6.07, 6.45) is 16.4. The Morgan fingerprint density at radius 1 is 1.08 bits per heavy atom. The number of carbonyl (C=O) groups is 1. The van der Waals surface area contributed by atoms with E-state index in [4.69, 9.17) is 4.74 Å². The summed E-state index contributed by atoms with van der Waals surface area (Å²) in [5.74, 6) is 0.238. The van der Waals surface area contributed by atoms with Crippen molar-refractivity contribution in [2.75, 3.05) is 19.4 Å². The van der Waals surface area contributed by atoms with Crippen molar-refractivity contribution in [2.45, 2.75) is 72.8 Å². The number of carbonyl (C=O) groups excluding carboxylic acids is 1. The van der Waals surface area contributed by atoms with E-state index in [9.17, 15) is 17.8 Å². The van der Waals surface area contributed by atoms with E-state index in [1.807, 2.05) is 32.1 Å². The van der Waals surface area contributed by atoms with Crippen molar-refractivity contribution in [3.8, 4) is 5.75 Å². The van der Waals surface area contributed by atoms with Gasteiger partial charge in [0.1, 0.15) is 5.75 Å². The molecule has 0 atom stereocenters. The van der Waals surface area contributed by atoms with E-state index in [1.54, 1.807) is 18.1 Å². The molecule has 1 aromatic carbocycles. The third-order valence-electron chi connectivity index (χ3n) is 6.80. The van der Waals surface area contributed by atoms with Crippen molar-refractivity contribution in [2.24, 2.45) is 0 Å². The molecule has 0 spiro atoms. The molecule has 1 aliphatic carbocycles. The molecule has 0 bridgehead atoms. The highest BCUT2D eigenvalue weighted by atomic mass is 32.2. The van der Waals surface area contributed by atoms with Crippen molar-refractivity contribution in [1.82, 2.24) is 4.90 Å². The summed E-state index contributed by atoms with van der Waals surface area (Å²) in [5.41, 5.74) is 6.50.